The predicted octanol–water partition coefficient (Wildman–Crippen LogP) is 3.23. The van der Waals surface area contributed by atoms with Gasteiger partial charge in [0.05, 0.1) is 5.56 Å². The first-order valence-corrected chi connectivity index (χ1v) is 7.16. The highest BCUT2D eigenvalue weighted by atomic mass is 32.2. The van der Waals surface area contributed by atoms with Gasteiger partial charge >= 0.3 is 5.97 Å². The number of thioether (sulfide) groups is 1. The molecule has 0 aliphatic heterocycles. The van der Waals surface area contributed by atoms with Crippen molar-refractivity contribution in [3.05, 3.63) is 53.7 Å². The van der Waals surface area contributed by atoms with Gasteiger partial charge < -0.3 is 4.74 Å². The molecule has 2 aromatic rings. The van der Waals surface area contributed by atoms with Crippen LogP contribution in [-0.2, 0) is 0 Å². The number of aromatic nitrogens is 1. The lowest BCUT2D eigenvalue weighted by molar-refractivity contribution is 0.0730. The number of rotatable bonds is 4. The Bertz CT molecular complexity index is 638. The number of pyridine rings is 1. The van der Waals surface area contributed by atoms with Crippen molar-refractivity contribution in [3.8, 4) is 5.75 Å². The molecule has 102 valence electrons. The fraction of sp³-hybridized carbons (Fsp3) is 0.133. The topological polar surface area (TPSA) is 56.3 Å². The third-order valence-corrected chi connectivity index (χ3v) is 3.37. The van der Waals surface area contributed by atoms with E-state index < -0.39 is 5.97 Å². The summed E-state index contributed by atoms with van der Waals surface area (Å²) in [6.07, 6.45) is 3.48. The van der Waals surface area contributed by atoms with E-state index in [1.54, 1.807) is 42.6 Å². The average Bonchev–Trinajstić information content (AvgIpc) is 2.47. The summed E-state index contributed by atoms with van der Waals surface area (Å²) >= 11 is 1.38. The standard InChI is InChI=1S/C15H13NO3S/c1-10(17)11-5-7-12(8-6-11)19-15(18)13-4-3-9-16-14(13)20-2/h3-9H,1-2H3. The highest BCUT2D eigenvalue weighted by Gasteiger charge is 2.14. The minimum Gasteiger partial charge on any atom is -0.423 e. The molecule has 0 fully saturated rings. The first kappa shape index (κ1) is 14.3. The van der Waals surface area contributed by atoms with Crippen molar-refractivity contribution in [2.45, 2.75) is 11.9 Å². The minimum atomic E-state index is -0.460. The zero-order valence-corrected chi connectivity index (χ0v) is 11.9. The molecule has 20 heavy (non-hydrogen) atoms. The van der Waals surface area contributed by atoms with Gasteiger partial charge in [-0.05, 0) is 49.6 Å². The molecule has 1 aromatic heterocycles. The minimum absolute atomic E-state index is 0.0280. The molecule has 0 radical (unpaired) electrons. The van der Waals surface area contributed by atoms with E-state index in [0.717, 1.165) is 0 Å². The summed E-state index contributed by atoms with van der Waals surface area (Å²) in [5.74, 6) is -0.0891. The maximum Gasteiger partial charge on any atom is 0.346 e. The van der Waals surface area contributed by atoms with Gasteiger partial charge in [0.1, 0.15) is 10.8 Å². The third kappa shape index (κ3) is 3.24. The predicted molar refractivity (Wildman–Crippen MR) is 77.4 cm³/mol. The first-order valence-electron chi connectivity index (χ1n) is 5.94. The number of carbonyl (C=O) groups is 2. The second kappa shape index (κ2) is 6.34. The zero-order valence-electron chi connectivity index (χ0n) is 11.1. The van der Waals surface area contributed by atoms with Crippen LogP contribution in [0.3, 0.4) is 0 Å². The van der Waals surface area contributed by atoms with E-state index in [0.29, 0.717) is 21.9 Å². The maximum absolute atomic E-state index is 12.1. The summed E-state index contributed by atoms with van der Waals surface area (Å²) in [5, 5.41) is 0.623. The molecule has 0 unspecified atom stereocenters. The summed E-state index contributed by atoms with van der Waals surface area (Å²) in [6, 6.07) is 9.82. The Kier molecular flexibility index (Phi) is 4.53. The van der Waals surface area contributed by atoms with E-state index in [-0.39, 0.29) is 5.78 Å². The molecule has 1 aromatic carbocycles. The molecule has 1 heterocycles. The van der Waals surface area contributed by atoms with Gasteiger partial charge in [-0.25, -0.2) is 9.78 Å². The highest BCUT2D eigenvalue weighted by molar-refractivity contribution is 7.98. The Balaban J connectivity index is 2.17. The Morgan fingerprint density at radius 1 is 1.15 bits per heavy atom. The van der Waals surface area contributed by atoms with Gasteiger partial charge in [-0.1, -0.05) is 0 Å². The number of nitrogens with zero attached hydrogens (tertiary/aromatic N) is 1. The normalized spacial score (nSPS) is 10.1. The molecule has 0 amide bonds. The second-order valence-corrected chi connectivity index (χ2v) is 4.83. The summed E-state index contributed by atoms with van der Waals surface area (Å²) < 4.78 is 5.27. The summed E-state index contributed by atoms with van der Waals surface area (Å²) in [7, 11) is 0. The average molecular weight is 287 g/mol. The van der Waals surface area contributed by atoms with Crippen LogP contribution in [0.1, 0.15) is 27.6 Å². The molecule has 0 aliphatic rings. The molecule has 0 N–H and O–H groups in total. The Hall–Kier alpha value is -2.14. The molecule has 0 atom stereocenters. The largest absolute Gasteiger partial charge is 0.423 e. The van der Waals surface area contributed by atoms with E-state index in [4.69, 9.17) is 4.74 Å². The number of ketones is 1. The van der Waals surface area contributed by atoms with E-state index >= 15 is 0 Å². The van der Waals surface area contributed by atoms with Crippen LogP contribution in [0.5, 0.6) is 5.75 Å². The second-order valence-electron chi connectivity index (χ2n) is 4.03. The number of esters is 1. The zero-order chi connectivity index (χ0) is 14.5. The summed E-state index contributed by atoms with van der Waals surface area (Å²) in [4.78, 5) is 27.3. The molecule has 0 saturated carbocycles. The van der Waals surface area contributed by atoms with Crippen LogP contribution in [-0.4, -0.2) is 23.0 Å². The number of ether oxygens (including phenoxy) is 1. The van der Waals surface area contributed by atoms with Crippen molar-refractivity contribution in [3.63, 3.8) is 0 Å². The van der Waals surface area contributed by atoms with Crippen LogP contribution >= 0.6 is 11.8 Å². The molecule has 0 aliphatic carbocycles. The summed E-state index contributed by atoms with van der Waals surface area (Å²) in [5.41, 5.74) is 1.01. The van der Waals surface area contributed by atoms with Crippen LogP contribution in [0.15, 0.2) is 47.6 Å². The lowest BCUT2D eigenvalue weighted by Crippen LogP contribution is -2.10. The Morgan fingerprint density at radius 2 is 1.85 bits per heavy atom. The fourth-order valence-corrected chi connectivity index (χ4v) is 2.17. The van der Waals surface area contributed by atoms with Crippen LogP contribution in [0.2, 0.25) is 0 Å². The van der Waals surface area contributed by atoms with Crippen molar-refractivity contribution in [2.24, 2.45) is 0 Å². The highest BCUT2D eigenvalue weighted by Crippen LogP contribution is 2.20. The number of hydrogen-bond donors (Lipinski definition) is 0. The van der Waals surface area contributed by atoms with Crippen molar-refractivity contribution >= 4 is 23.5 Å². The first-order chi connectivity index (χ1) is 9.61. The van der Waals surface area contributed by atoms with Gasteiger partial charge in [0.15, 0.2) is 5.78 Å². The van der Waals surface area contributed by atoms with E-state index in [9.17, 15) is 9.59 Å². The molecule has 0 spiro atoms. The SMILES string of the molecule is CSc1ncccc1C(=O)Oc1ccc(C(C)=O)cc1. The van der Waals surface area contributed by atoms with Gasteiger partial charge in [-0.15, -0.1) is 11.8 Å². The van der Waals surface area contributed by atoms with Gasteiger partial charge in [0.2, 0.25) is 0 Å². The van der Waals surface area contributed by atoms with Gasteiger partial charge in [0.25, 0.3) is 0 Å². The molecule has 5 heteroatoms. The lowest BCUT2D eigenvalue weighted by Gasteiger charge is -2.07. The number of hydrogen-bond acceptors (Lipinski definition) is 5. The van der Waals surface area contributed by atoms with Gasteiger partial charge in [-0.3, -0.25) is 4.79 Å². The quantitative estimate of drug-likeness (QED) is 0.374. The number of benzene rings is 1. The fourth-order valence-electron chi connectivity index (χ4n) is 1.63. The van der Waals surface area contributed by atoms with Crippen molar-refractivity contribution in [1.82, 2.24) is 4.98 Å². The molecule has 0 saturated heterocycles. The van der Waals surface area contributed by atoms with Crippen molar-refractivity contribution < 1.29 is 14.3 Å². The molecule has 0 bridgehead atoms. The van der Waals surface area contributed by atoms with Crippen LogP contribution in [0.4, 0.5) is 0 Å². The summed E-state index contributed by atoms with van der Waals surface area (Å²) in [6.45, 7) is 1.49. The van der Waals surface area contributed by atoms with E-state index in [2.05, 4.69) is 4.98 Å². The number of Topliss-reactive ketones (excluding diaryl/α,β-unsaturated/α-hetero) is 1. The molecule has 4 nitrogen and oxygen atoms in total. The Labute approximate surface area is 121 Å². The van der Waals surface area contributed by atoms with E-state index in [1.165, 1.54) is 18.7 Å². The third-order valence-electron chi connectivity index (χ3n) is 2.66. The van der Waals surface area contributed by atoms with Gasteiger partial charge in [-0.2, -0.15) is 0 Å². The van der Waals surface area contributed by atoms with Crippen molar-refractivity contribution in [2.75, 3.05) is 6.26 Å². The smallest absolute Gasteiger partial charge is 0.346 e. The molecular weight excluding hydrogens is 274 g/mol. The van der Waals surface area contributed by atoms with Crippen LogP contribution in [0, 0.1) is 0 Å². The molecule has 2 rings (SSSR count). The number of carbonyl (C=O) groups excluding carboxylic acids is 2. The van der Waals surface area contributed by atoms with Gasteiger partial charge in [0, 0.05) is 11.8 Å². The molecular formula is C15H13NO3S. The van der Waals surface area contributed by atoms with E-state index in [1.807, 2.05) is 6.26 Å². The maximum atomic E-state index is 12.1. The Morgan fingerprint density at radius 3 is 2.45 bits per heavy atom. The van der Waals surface area contributed by atoms with Crippen molar-refractivity contribution in [1.29, 1.82) is 0 Å². The lowest BCUT2D eigenvalue weighted by atomic mass is 10.1. The monoisotopic (exact) mass is 287 g/mol. The van der Waals surface area contributed by atoms with Crippen LogP contribution in [0.25, 0.3) is 0 Å². The van der Waals surface area contributed by atoms with Crippen LogP contribution < -0.4 is 4.74 Å².